The summed E-state index contributed by atoms with van der Waals surface area (Å²) in [6, 6.07) is 11.1. The number of allylic oxidation sites excluding steroid dienone is 1. The lowest BCUT2D eigenvalue weighted by Gasteiger charge is -2.16. The van der Waals surface area contributed by atoms with E-state index in [1.165, 1.54) is 27.6 Å². The predicted octanol–water partition coefficient (Wildman–Crippen LogP) is 4.50. The van der Waals surface area contributed by atoms with Crippen molar-refractivity contribution >= 4 is 22.5 Å². The van der Waals surface area contributed by atoms with Gasteiger partial charge in [0.25, 0.3) is 0 Å². The summed E-state index contributed by atoms with van der Waals surface area (Å²) in [5, 5.41) is 2.69. The molecule has 0 radical (unpaired) electrons. The van der Waals surface area contributed by atoms with Crippen LogP contribution in [0, 0.1) is 0 Å². The van der Waals surface area contributed by atoms with Crippen LogP contribution in [0.1, 0.15) is 25.0 Å². The van der Waals surface area contributed by atoms with E-state index in [1.807, 2.05) is 13.8 Å². The summed E-state index contributed by atoms with van der Waals surface area (Å²) in [6.07, 6.45) is 5.54. The van der Waals surface area contributed by atoms with E-state index in [0.717, 1.165) is 6.42 Å². The number of fused-ring (bicyclic) bond motifs is 2. The molecule has 18 heavy (non-hydrogen) atoms. The zero-order valence-electron chi connectivity index (χ0n) is 11.7. The third-order valence-corrected chi connectivity index (χ3v) is 3.23. The number of anilines is 1. The molecule has 0 fully saturated rings. The molecule has 0 aliphatic heterocycles. The van der Waals surface area contributed by atoms with Gasteiger partial charge in [-0.05, 0) is 35.1 Å². The fourth-order valence-corrected chi connectivity index (χ4v) is 2.41. The highest BCUT2D eigenvalue weighted by molar-refractivity contribution is 5.96. The summed E-state index contributed by atoms with van der Waals surface area (Å²) in [5.41, 5.74) is 4.12. The maximum atomic E-state index is 2.32. The first kappa shape index (κ1) is 12.7. The Morgan fingerprint density at radius 1 is 1.06 bits per heavy atom. The van der Waals surface area contributed by atoms with Gasteiger partial charge in [0.05, 0.1) is 0 Å². The van der Waals surface area contributed by atoms with Crippen LogP contribution in [0.15, 0.2) is 36.4 Å². The fourth-order valence-electron chi connectivity index (χ4n) is 2.41. The zero-order valence-corrected chi connectivity index (χ0v) is 11.7. The molecule has 0 spiro atoms. The third kappa shape index (κ3) is 2.13. The van der Waals surface area contributed by atoms with Crippen LogP contribution in [0.4, 0.5) is 5.69 Å². The quantitative estimate of drug-likeness (QED) is 0.708. The standard InChI is InChI=1S/C15H15N.C2H6/c1-16(2)15-8-4-7-13-9-11-5-3-6-12(11)10-14(13)15;1-2/h3-4,6-10H,5H2,1-2H3;1-2H3. The van der Waals surface area contributed by atoms with E-state index in [4.69, 9.17) is 0 Å². The van der Waals surface area contributed by atoms with Gasteiger partial charge in [0.2, 0.25) is 0 Å². The molecular formula is C17H21N. The largest absolute Gasteiger partial charge is 0.377 e. The molecule has 0 atom stereocenters. The maximum absolute atomic E-state index is 2.32. The highest BCUT2D eigenvalue weighted by atomic mass is 15.1. The highest BCUT2D eigenvalue weighted by Gasteiger charge is 2.09. The van der Waals surface area contributed by atoms with E-state index < -0.39 is 0 Å². The Kier molecular flexibility index (Phi) is 3.71. The predicted molar refractivity (Wildman–Crippen MR) is 82.4 cm³/mol. The average molecular weight is 239 g/mol. The molecule has 0 saturated carbocycles. The Morgan fingerprint density at radius 3 is 2.56 bits per heavy atom. The molecule has 1 nitrogen and oxygen atoms in total. The van der Waals surface area contributed by atoms with Gasteiger partial charge in [0.15, 0.2) is 0 Å². The van der Waals surface area contributed by atoms with Gasteiger partial charge in [-0.15, -0.1) is 0 Å². The Hall–Kier alpha value is -1.76. The number of hydrogen-bond acceptors (Lipinski definition) is 1. The molecule has 0 amide bonds. The molecule has 0 heterocycles. The van der Waals surface area contributed by atoms with Crippen molar-refractivity contribution in [1.82, 2.24) is 0 Å². The number of hydrogen-bond donors (Lipinski definition) is 0. The topological polar surface area (TPSA) is 3.24 Å². The lowest BCUT2D eigenvalue weighted by atomic mass is 10.0. The van der Waals surface area contributed by atoms with Crippen molar-refractivity contribution in [2.24, 2.45) is 0 Å². The van der Waals surface area contributed by atoms with Crippen molar-refractivity contribution in [3.63, 3.8) is 0 Å². The van der Waals surface area contributed by atoms with Crippen LogP contribution in [-0.2, 0) is 6.42 Å². The Balaban J connectivity index is 0.000000574. The summed E-state index contributed by atoms with van der Waals surface area (Å²) < 4.78 is 0. The average Bonchev–Trinajstić information content (AvgIpc) is 2.84. The Labute approximate surface area is 110 Å². The van der Waals surface area contributed by atoms with E-state index in [9.17, 15) is 0 Å². The smallest absolute Gasteiger partial charge is 0.0440 e. The van der Waals surface area contributed by atoms with Gasteiger partial charge in [-0.25, -0.2) is 0 Å². The second-order valence-corrected chi connectivity index (χ2v) is 4.55. The Morgan fingerprint density at radius 2 is 1.83 bits per heavy atom. The van der Waals surface area contributed by atoms with Crippen molar-refractivity contribution in [1.29, 1.82) is 0 Å². The highest BCUT2D eigenvalue weighted by Crippen LogP contribution is 2.31. The van der Waals surface area contributed by atoms with Crippen molar-refractivity contribution in [2.45, 2.75) is 20.3 Å². The molecule has 1 heteroatoms. The van der Waals surface area contributed by atoms with Gasteiger partial charge < -0.3 is 4.90 Å². The van der Waals surface area contributed by atoms with Gasteiger partial charge in [-0.3, -0.25) is 0 Å². The van der Waals surface area contributed by atoms with E-state index in [1.54, 1.807) is 0 Å². The normalized spacial score (nSPS) is 12.0. The number of rotatable bonds is 1. The summed E-state index contributed by atoms with van der Waals surface area (Å²) in [4.78, 5) is 2.17. The van der Waals surface area contributed by atoms with E-state index in [-0.39, 0.29) is 0 Å². The van der Waals surface area contributed by atoms with Crippen LogP contribution in [-0.4, -0.2) is 14.1 Å². The maximum Gasteiger partial charge on any atom is 0.0440 e. The van der Waals surface area contributed by atoms with Crippen LogP contribution in [0.5, 0.6) is 0 Å². The molecule has 94 valence electrons. The molecule has 1 aliphatic carbocycles. The molecule has 0 saturated heterocycles. The molecule has 3 rings (SSSR count). The van der Waals surface area contributed by atoms with Gasteiger partial charge in [-0.1, -0.05) is 44.2 Å². The van der Waals surface area contributed by atoms with Crippen LogP contribution < -0.4 is 4.90 Å². The van der Waals surface area contributed by atoms with Crippen LogP contribution in [0.3, 0.4) is 0 Å². The molecule has 0 bridgehead atoms. The minimum Gasteiger partial charge on any atom is -0.377 e. The first-order valence-electron chi connectivity index (χ1n) is 6.65. The first-order valence-corrected chi connectivity index (χ1v) is 6.65. The van der Waals surface area contributed by atoms with Crippen molar-refractivity contribution in [3.8, 4) is 0 Å². The van der Waals surface area contributed by atoms with Gasteiger partial charge in [0, 0.05) is 25.2 Å². The minimum absolute atomic E-state index is 1.08. The molecule has 0 N–H and O–H groups in total. The van der Waals surface area contributed by atoms with Crippen LogP contribution in [0.25, 0.3) is 16.8 Å². The molecule has 0 aromatic heterocycles. The monoisotopic (exact) mass is 239 g/mol. The van der Waals surface area contributed by atoms with E-state index >= 15 is 0 Å². The third-order valence-electron chi connectivity index (χ3n) is 3.23. The fraction of sp³-hybridized carbons (Fsp3) is 0.294. The lowest BCUT2D eigenvalue weighted by molar-refractivity contribution is 1.14. The summed E-state index contributed by atoms with van der Waals surface area (Å²) in [7, 11) is 4.19. The van der Waals surface area contributed by atoms with Crippen LogP contribution >= 0.6 is 0 Å². The number of nitrogens with zero attached hydrogens (tertiary/aromatic N) is 1. The number of benzene rings is 2. The second-order valence-electron chi connectivity index (χ2n) is 4.55. The first-order chi connectivity index (χ1) is 8.75. The van der Waals surface area contributed by atoms with Gasteiger partial charge >= 0.3 is 0 Å². The molecule has 2 aromatic carbocycles. The molecule has 0 unspecified atom stereocenters. The van der Waals surface area contributed by atoms with Crippen LogP contribution in [0.2, 0.25) is 0 Å². The van der Waals surface area contributed by atoms with Gasteiger partial charge in [-0.2, -0.15) is 0 Å². The minimum atomic E-state index is 1.08. The zero-order chi connectivity index (χ0) is 13.1. The summed E-state index contributed by atoms with van der Waals surface area (Å²) >= 11 is 0. The molecule has 2 aromatic rings. The SMILES string of the molecule is CC.CN(C)c1cccc2cc3c(cc12)C=CC3. The second kappa shape index (κ2) is 5.26. The molecular weight excluding hydrogens is 218 g/mol. The van der Waals surface area contributed by atoms with Crippen molar-refractivity contribution in [3.05, 3.63) is 47.5 Å². The van der Waals surface area contributed by atoms with Gasteiger partial charge in [0.1, 0.15) is 0 Å². The van der Waals surface area contributed by atoms with Crippen molar-refractivity contribution in [2.75, 3.05) is 19.0 Å². The van der Waals surface area contributed by atoms with E-state index in [2.05, 4.69) is 61.5 Å². The lowest BCUT2D eigenvalue weighted by Crippen LogP contribution is -2.08. The van der Waals surface area contributed by atoms with Crippen molar-refractivity contribution < 1.29 is 0 Å². The summed E-state index contributed by atoms with van der Waals surface area (Å²) in [5.74, 6) is 0. The summed E-state index contributed by atoms with van der Waals surface area (Å²) in [6.45, 7) is 4.00. The molecule has 1 aliphatic rings. The Bertz CT molecular complexity index is 579. The van der Waals surface area contributed by atoms with E-state index in [0.29, 0.717) is 0 Å².